The molecule has 0 spiro atoms. The van der Waals surface area contributed by atoms with Crippen molar-refractivity contribution in [3.63, 3.8) is 0 Å². The minimum Gasteiger partial charge on any atom is -0.376 e. The smallest absolute Gasteiger partial charge is 0.264 e. The SMILES string of the molecule is CS(=O)(=O)OC1COCCOC1. The Labute approximate surface area is 71.7 Å². The quantitative estimate of drug-likeness (QED) is 0.551. The van der Waals surface area contributed by atoms with E-state index in [1.54, 1.807) is 0 Å². The summed E-state index contributed by atoms with van der Waals surface area (Å²) in [6.45, 7) is 1.52. The normalized spacial score (nSPS) is 22.1. The van der Waals surface area contributed by atoms with Crippen LogP contribution in [0.25, 0.3) is 0 Å². The molecule has 0 bridgehead atoms. The average Bonchev–Trinajstić information content (AvgIpc) is 2.12. The van der Waals surface area contributed by atoms with E-state index in [4.69, 9.17) is 9.47 Å². The molecule has 6 heteroatoms. The summed E-state index contributed by atoms with van der Waals surface area (Å²) >= 11 is 0. The van der Waals surface area contributed by atoms with Gasteiger partial charge in [0, 0.05) is 0 Å². The zero-order chi connectivity index (χ0) is 9.03. The Bertz CT molecular complexity index is 214. The van der Waals surface area contributed by atoms with E-state index in [1.807, 2.05) is 0 Å². The maximum absolute atomic E-state index is 10.7. The maximum atomic E-state index is 10.7. The largest absolute Gasteiger partial charge is 0.376 e. The van der Waals surface area contributed by atoms with Gasteiger partial charge in [0.2, 0.25) is 0 Å². The molecule has 1 rings (SSSR count). The minimum atomic E-state index is -3.40. The second-order valence-electron chi connectivity index (χ2n) is 2.57. The fraction of sp³-hybridized carbons (Fsp3) is 1.00. The molecule has 0 N–H and O–H groups in total. The lowest BCUT2D eigenvalue weighted by Crippen LogP contribution is -2.25. The molecule has 1 fully saturated rings. The predicted octanol–water partition coefficient (Wildman–Crippen LogP) is -0.622. The van der Waals surface area contributed by atoms with Crippen molar-refractivity contribution in [2.45, 2.75) is 6.10 Å². The molecule has 0 saturated carbocycles. The van der Waals surface area contributed by atoms with Gasteiger partial charge in [-0.05, 0) is 0 Å². The first-order valence-electron chi connectivity index (χ1n) is 3.62. The first-order chi connectivity index (χ1) is 5.58. The highest BCUT2D eigenvalue weighted by atomic mass is 32.2. The van der Waals surface area contributed by atoms with E-state index >= 15 is 0 Å². The fourth-order valence-corrected chi connectivity index (χ4v) is 1.50. The van der Waals surface area contributed by atoms with Crippen molar-refractivity contribution in [3.05, 3.63) is 0 Å². The standard InChI is InChI=1S/C6H12O5S/c1-12(7,8)11-6-4-9-2-3-10-5-6/h6H,2-5H2,1H3. The highest BCUT2D eigenvalue weighted by Gasteiger charge is 2.18. The van der Waals surface area contributed by atoms with E-state index in [1.165, 1.54) is 0 Å². The van der Waals surface area contributed by atoms with Gasteiger partial charge in [0.25, 0.3) is 10.1 Å². The summed E-state index contributed by atoms with van der Waals surface area (Å²) in [6, 6.07) is 0. The van der Waals surface area contributed by atoms with E-state index in [9.17, 15) is 8.42 Å². The van der Waals surface area contributed by atoms with Crippen LogP contribution in [0.2, 0.25) is 0 Å². The summed E-state index contributed by atoms with van der Waals surface area (Å²) in [5.41, 5.74) is 0. The van der Waals surface area contributed by atoms with Crippen molar-refractivity contribution in [1.29, 1.82) is 0 Å². The van der Waals surface area contributed by atoms with Gasteiger partial charge >= 0.3 is 0 Å². The Morgan fingerprint density at radius 1 is 1.25 bits per heavy atom. The van der Waals surface area contributed by atoms with Crippen LogP contribution in [0.3, 0.4) is 0 Å². The highest BCUT2D eigenvalue weighted by Crippen LogP contribution is 2.02. The van der Waals surface area contributed by atoms with E-state index in [0.29, 0.717) is 13.2 Å². The minimum absolute atomic E-state index is 0.271. The predicted molar refractivity (Wildman–Crippen MR) is 41.4 cm³/mol. The molecule has 5 nitrogen and oxygen atoms in total. The molecule has 0 aliphatic carbocycles. The summed E-state index contributed by atoms with van der Waals surface area (Å²) in [6.07, 6.45) is 0.514. The number of rotatable bonds is 2. The molecular formula is C6H12O5S. The molecular weight excluding hydrogens is 184 g/mol. The molecule has 0 aromatic carbocycles. The van der Waals surface area contributed by atoms with Gasteiger partial charge < -0.3 is 9.47 Å². The van der Waals surface area contributed by atoms with Crippen LogP contribution in [-0.4, -0.2) is 47.2 Å². The summed E-state index contributed by atoms with van der Waals surface area (Å²) in [4.78, 5) is 0. The molecule has 0 radical (unpaired) electrons. The molecule has 1 aliphatic heterocycles. The van der Waals surface area contributed by atoms with E-state index in [0.717, 1.165) is 6.26 Å². The van der Waals surface area contributed by atoms with E-state index in [2.05, 4.69) is 4.18 Å². The van der Waals surface area contributed by atoms with Crippen LogP contribution in [0.15, 0.2) is 0 Å². The van der Waals surface area contributed by atoms with Crippen molar-refractivity contribution < 1.29 is 22.1 Å². The van der Waals surface area contributed by atoms with Gasteiger partial charge in [-0.15, -0.1) is 0 Å². The molecule has 0 aromatic heterocycles. The third-order valence-electron chi connectivity index (χ3n) is 1.29. The lowest BCUT2D eigenvalue weighted by molar-refractivity contribution is 0.0650. The van der Waals surface area contributed by atoms with Crippen LogP contribution < -0.4 is 0 Å². The summed E-state index contributed by atoms with van der Waals surface area (Å²) in [5, 5.41) is 0. The Hall–Kier alpha value is -0.170. The summed E-state index contributed by atoms with van der Waals surface area (Å²) in [5.74, 6) is 0. The Balaban J connectivity index is 2.40. The van der Waals surface area contributed by atoms with Crippen LogP contribution in [0, 0.1) is 0 Å². The fourth-order valence-electron chi connectivity index (χ4n) is 0.898. The third kappa shape index (κ3) is 4.01. The molecule has 1 saturated heterocycles. The summed E-state index contributed by atoms with van der Waals surface area (Å²) < 4.78 is 36.1. The molecule has 0 aromatic rings. The molecule has 1 heterocycles. The molecule has 12 heavy (non-hydrogen) atoms. The average molecular weight is 196 g/mol. The highest BCUT2D eigenvalue weighted by molar-refractivity contribution is 7.86. The monoisotopic (exact) mass is 196 g/mol. The van der Waals surface area contributed by atoms with Gasteiger partial charge in [-0.25, -0.2) is 0 Å². The van der Waals surface area contributed by atoms with Crippen LogP contribution in [0.1, 0.15) is 0 Å². The van der Waals surface area contributed by atoms with Crippen molar-refractivity contribution in [3.8, 4) is 0 Å². The first kappa shape index (κ1) is 9.91. The Kier molecular flexibility index (Phi) is 3.45. The van der Waals surface area contributed by atoms with Gasteiger partial charge in [0.15, 0.2) is 0 Å². The first-order valence-corrected chi connectivity index (χ1v) is 5.43. The molecule has 0 amide bonds. The van der Waals surface area contributed by atoms with Gasteiger partial charge in [-0.2, -0.15) is 8.42 Å². The maximum Gasteiger partial charge on any atom is 0.264 e. The van der Waals surface area contributed by atoms with Gasteiger partial charge in [0.1, 0.15) is 6.10 Å². The van der Waals surface area contributed by atoms with Crippen LogP contribution in [0.5, 0.6) is 0 Å². The van der Waals surface area contributed by atoms with Gasteiger partial charge in [-0.1, -0.05) is 0 Å². The Morgan fingerprint density at radius 3 is 2.17 bits per heavy atom. The van der Waals surface area contributed by atoms with E-state index < -0.39 is 16.2 Å². The van der Waals surface area contributed by atoms with Crippen LogP contribution in [-0.2, 0) is 23.8 Å². The second-order valence-corrected chi connectivity index (χ2v) is 4.17. The van der Waals surface area contributed by atoms with E-state index in [-0.39, 0.29) is 13.2 Å². The van der Waals surface area contributed by atoms with Crippen molar-refractivity contribution >= 4 is 10.1 Å². The lowest BCUT2D eigenvalue weighted by atomic mass is 10.4. The topological polar surface area (TPSA) is 61.8 Å². The molecule has 1 aliphatic rings. The lowest BCUT2D eigenvalue weighted by Gasteiger charge is -2.11. The molecule has 0 unspecified atom stereocenters. The summed E-state index contributed by atoms with van der Waals surface area (Å²) in [7, 11) is -3.40. The van der Waals surface area contributed by atoms with Gasteiger partial charge in [0.05, 0.1) is 32.7 Å². The number of ether oxygens (including phenoxy) is 2. The molecule has 72 valence electrons. The van der Waals surface area contributed by atoms with Crippen molar-refractivity contribution in [1.82, 2.24) is 0 Å². The number of hydrogen-bond donors (Lipinski definition) is 0. The van der Waals surface area contributed by atoms with Gasteiger partial charge in [-0.3, -0.25) is 4.18 Å². The second kappa shape index (κ2) is 4.18. The molecule has 0 atom stereocenters. The zero-order valence-corrected chi connectivity index (χ0v) is 7.67. The third-order valence-corrected chi connectivity index (χ3v) is 1.91. The number of hydrogen-bond acceptors (Lipinski definition) is 5. The van der Waals surface area contributed by atoms with Crippen molar-refractivity contribution in [2.75, 3.05) is 32.7 Å². The van der Waals surface area contributed by atoms with Crippen LogP contribution >= 0.6 is 0 Å². The van der Waals surface area contributed by atoms with Crippen LogP contribution in [0.4, 0.5) is 0 Å². The zero-order valence-electron chi connectivity index (χ0n) is 6.86. The van der Waals surface area contributed by atoms with Crippen molar-refractivity contribution in [2.24, 2.45) is 0 Å². The Morgan fingerprint density at radius 2 is 1.75 bits per heavy atom.